The van der Waals surface area contributed by atoms with E-state index < -0.39 is 0 Å². The van der Waals surface area contributed by atoms with Crippen molar-refractivity contribution in [2.24, 2.45) is 0 Å². The van der Waals surface area contributed by atoms with Crippen LogP contribution in [-0.4, -0.2) is 24.9 Å². The van der Waals surface area contributed by atoms with Gasteiger partial charge in [-0.15, -0.1) is 0 Å². The molecular formula is C55H37N5. The second-order valence-corrected chi connectivity index (χ2v) is 14.6. The maximum atomic E-state index is 5.19. The molecule has 282 valence electrons. The molecule has 0 aliphatic carbocycles. The van der Waals surface area contributed by atoms with Gasteiger partial charge in [0.05, 0.1) is 0 Å². The van der Waals surface area contributed by atoms with Gasteiger partial charge in [-0.3, -0.25) is 9.97 Å². The summed E-state index contributed by atoms with van der Waals surface area (Å²) < 4.78 is 0. The minimum absolute atomic E-state index is 0.598. The maximum absolute atomic E-state index is 5.19. The molecule has 10 rings (SSSR count). The highest BCUT2D eigenvalue weighted by atomic mass is 15.0. The molecule has 0 fully saturated rings. The minimum Gasteiger partial charge on any atom is -0.264 e. The average Bonchev–Trinajstić information content (AvgIpc) is 3.35. The highest BCUT2D eigenvalue weighted by molar-refractivity contribution is 5.80. The van der Waals surface area contributed by atoms with Crippen LogP contribution in [0.3, 0.4) is 0 Å². The zero-order chi connectivity index (χ0) is 40.1. The molecule has 5 heteroatoms. The number of nitrogens with zero attached hydrogens (tertiary/aromatic N) is 5. The molecule has 0 aliphatic rings. The van der Waals surface area contributed by atoms with Crippen LogP contribution in [0, 0.1) is 0 Å². The van der Waals surface area contributed by atoms with Gasteiger partial charge >= 0.3 is 0 Å². The zero-order valence-corrected chi connectivity index (χ0v) is 32.6. The lowest BCUT2D eigenvalue weighted by molar-refractivity contribution is 1.07. The highest BCUT2D eigenvalue weighted by Crippen LogP contribution is 2.34. The summed E-state index contributed by atoms with van der Waals surface area (Å²) in [5.74, 6) is 1.80. The molecule has 60 heavy (non-hydrogen) atoms. The number of rotatable bonds is 9. The first kappa shape index (κ1) is 36.2. The molecule has 0 radical (unpaired) electrons. The van der Waals surface area contributed by atoms with Crippen LogP contribution < -0.4 is 0 Å². The van der Waals surface area contributed by atoms with E-state index in [2.05, 4.69) is 192 Å². The van der Waals surface area contributed by atoms with E-state index in [1.807, 2.05) is 30.6 Å². The van der Waals surface area contributed by atoms with Crippen LogP contribution in [0.15, 0.2) is 225 Å². The van der Waals surface area contributed by atoms with Crippen LogP contribution in [0.25, 0.3) is 101 Å². The average molecular weight is 768 g/mol. The Labute approximate surface area is 349 Å². The Morgan fingerprint density at radius 3 is 0.767 bits per heavy atom. The number of hydrogen-bond acceptors (Lipinski definition) is 5. The molecule has 0 saturated carbocycles. The monoisotopic (exact) mass is 767 g/mol. The van der Waals surface area contributed by atoms with Gasteiger partial charge in [0.15, 0.2) is 17.5 Å². The number of pyridine rings is 2. The maximum Gasteiger partial charge on any atom is 0.164 e. The molecule has 7 aromatic carbocycles. The highest BCUT2D eigenvalue weighted by Gasteiger charge is 2.15. The molecular weight excluding hydrogens is 731 g/mol. The summed E-state index contributed by atoms with van der Waals surface area (Å²) in [6, 6.07) is 69.6. The molecule has 0 unspecified atom stereocenters. The molecule has 0 saturated heterocycles. The van der Waals surface area contributed by atoms with E-state index in [0.29, 0.717) is 17.5 Å². The summed E-state index contributed by atoms with van der Waals surface area (Å²) in [5, 5.41) is 0. The molecule has 10 aromatic rings. The van der Waals surface area contributed by atoms with E-state index >= 15 is 0 Å². The van der Waals surface area contributed by atoms with Crippen molar-refractivity contribution in [1.82, 2.24) is 24.9 Å². The van der Waals surface area contributed by atoms with Gasteiger partial charge in [0, 0.05) is 52.6 Å². The van der Waals surface area contributed by atoms with Crippen LogP contribution in [0.4, 0.5) is 0 Å². The normalized spacial score (nSPS) is 11.0. The molecule has 0 amide bonds. The molecule has 0 atom stereocenters. The van der Waals surface area contributed by atoms with Gasteiger partial charge in [0.1, 0.15) is 0 Å². The molecule has 3 heterocycles. The second-order valence-electron chi connectivity index (χ2n) is 14.6. The van der Waals surface area contributed by atoms with Gasteiger partial charge in [-0.1, -0.05) is 152 Å². The molecule has 3 aromatic heterocycles. The van der Waals surface area contributed by atoms with E-state index in [-0.39, 0.29) is 0 Å². The molecule has 0 spiro atoms. The molecule has 0 bridgehead atoms. The van der Waals surface area contributed by atoms with Crippen molar-refractivity contribution in [1.29, 1.82) is 0 Å². The van der Waals surface area contributed by atoms with Crippen molar-refractivity contribution < 1.29 is 0 Å². The number of hydrogen-bond donors (Lipinski definition) is 0. The summed E-state index contributed by atoms with van der Waals surface area (Å²) in [6.07, 6.45) is 7.38. The first-order valence-corrected chi connectivity index (χ1v) is 20.0. The van der Waals surface area contributed by atoms with Crippen molar-refractivity contribution in [2.75, 3.05) is 0 Å². The predicted molar refractivity (Wildman–Crippen MR) is 244 cm³/mol. The summed E-state index contributed by atoms with van der Waals surface area (Å²) in [5.41, 5.74) is 15.9. The fraction of sp³-hybridized carbons (Fsp3) is 0. The Bertz CT molecular complexity index is 2750. The van der Waals surface area contributed by atoms with Gasteiger partial charge in [0.25, 0.3) is 0 Å². The predicted octanol–water partition coefficient (Wildman–Crippen LogP) is 13.7. The third kappa shape index (κ3) is 7.76. The van der Waals surface area contributed by atoms with E-state index in [1.165, 1.54) is 11.1 Å². The van der Waals surface area contributed by atoms with E-state index in [0.717, 1.165) is 72.3 Å². The van der Waals surface area contributed by atoms with Crippen LogP contribution in [0.1, 0.15) is 0 Å². The van der Waals surface area contributed by atoms with E-state index in [4.69, 9.17) is 15.0 Å². The van der Waals surface area contributed by atoms with Crippen LogP contribution in [-0.2, 0) is 0 Å². The Kier molecular flexibility index (Phi) is 9.88. The SMILES string of the molecule is c1ccc(-c2cccc(-c3cccc(-c4nc(-c5cccc(-c6cccc(-c7cccnc7)c6)c5)nc(-c5cccc(-c6cccc(-c7cccnc7)c6)c5)n4)c3)c2)cc1. The first-order valence-electron chi connectivity index (χ1n) is 20.0. The molecule has 0 N–H and O–H groups in total. The summed E-state index contributed by atoms with van der Waals surface area (Å²) >= 11 is 0. The van der Waals surface area contributed by atoms with Crippen molar-refractivity contribution in [3.63, 3.8) is 0 Å². The second kappa shape index (κ2) is 16.4. The lowest BCUT2D eigenvalue weighted by atomic mass is 9.97. The smallest absolute Gasteiger partial charge is 0.164 e. The van der Waals surface area contributed by atoms with E-state index in [1.54, 1.807) is 12.4 Å². The van der Waals surface area contributed by atoms with Crippen LogP contribution in [0.2, 0.25) is 0 Å². The van der Waals surface area contributed by atoms with Crippen molar-refractivity contribution in [3.8, 4) is 101 Å². The number of aromatic nitrogens is 5. The Morgan fingerprint density at radius 2 is 0.450 bits per heavy atom. The minimum atomic E-state index is 0.598. The lowest BCUT2D eigenvalue weighted by Gasteiger charge is -2.12. The zero-order valence-electron chi connectivity index (χ0n) is 32.6. The third-order valence-corrected chi connectivity index (χ3v) is 10.7. The van der Waals surface area contributed by atoms with Gasteiger partial charge in [-0.2, -0.15) is 0 Å². The quantitative estimate of drug-likeness (QED) is 0.146. The topological polar surface area (TPSA) is 64.5 Å². The molecule has 5 nitrogen and oxygen atoms in total. The largest absolute Gasteiger partial charge is 0.264 e. The first-order chi connectivity index (χ1) is 29.7. The van der Waals surface area contributed by atoms with Gasteiger partial charge in [0.2, 0.25) is 0 Å². The molecule has 0 aliphatic heterocycles. The van der Waals surface area contributed by atoms with Crippen LogP contribution >= 0.6 is 0 Å². The summed E-state index contributed by atoms with van der Waals surface area (Å²) in [4.78, 5) is 24.2. The number of benzene rings is 7. The van der Waals surface area contributed by atoms with Crippen LogP contribution in [0.5, 0.6) is 0 Å². The van der Waals surface area contributed by atoms with Gasteiger partial charge in [-0.05, 0) is 104 Å². The Hall–Kier alpha value is -8.15. The Morgan fingerprint density at radius 1 is 0.200 bits per heavy atom. The summed E-state index contributed by atoms with van der Waals surface area (Å²) in [6.45, 7) is 0. The standard InChI is InChI=1S/C55H37N5/c1-2-12-38(13-3-1)39-14-4-15-40(30-39)43-18-7-23-48(33-43)53-58-54(49-24-8-19-44(34-49)41-16-5-21-46(31-41)51-26-10-28-56-36-51)60-55(59-53)50-25-9-20-45(35-50)42-17-6-22-47(32-42)52-27-11-29-57-37-52/h1-37H. The van der Waals surface area contributed by atoms with Crippen molar-refractivity contribution >= 4 is 0 Å². The van der Waals surface area contributed by atoms with Crippen molar-refractivity contribution in [2.45, 2.75) is 0 Å². The van der Waals surface area contributed by atoms with Gasteiger partial charge in [-0.25, -0.2) is 15.0 Å². The fourth-order valence-electron chi connectivity index (χ4n) is 7.61. The van der Waals surface area contributed by atoms with Crippen molar-refractivity contribution in [3.05, 3.63) is 225 Å². The Balaban J connectivity index is 1.07. The third-order valence-electron chi connectivity index (χ3n) is 10.7. The fourth-order valence-corrected chi connectivity index (χ4v) is 7.61. The van der Waals surface area contributed by atoms with E-state index in [9.17, 15) is 0 Å². The lowest BCUT2D eigenvalue weighted by Crippen LogP contribution is -2.00. The van der Waals surface area contributed by atoms with Gasteiger partial charge < -0.3 is 0 Å². The summed E-state index contributed by atoms with van der Waals surface area (Å²) in [7, 11) is 0.